The van der Waals surface area contributed by atoms with Crippen LogP contribution < -0.4 is 20.1 Å². The Bertz CT molecular complexity index is 732. The number of hydrogen-bond acceptors (Lipinski definition) is 6. The Morgan fingerprint density at radius 1 is 1.21 bits per heavy atom. The third-order valence-electron chi connectivity index (χ3n) is 3.47. The van der Waals surface area contributed by atoms with Crippen molar-refractivity contribution in [3.63, 3.8) is 0 Å². The minimum atomic E-state index is -0.779. The molecule has 0 spiro atoms. The van der Waals surface area contributed by atoms with Crippen molar-refractivity contribution in [3.8, 4) is 11.5 Å². The Kier molecular flexibility index (Phi) is 4.97. The lowest BCUT2D eigenvalue weighted by Gasteiger charge is -2.10. The van der Waals surface area contributed by atoms with Gasteiger partial charge >= 0.3 is 11.8 Å². The number of amides is 2. The highest BCUT2D eigenvalue weighted by atomic mass is 32.1. The molecular formula is C16H16N2O5S. The van der Waals surface area contributed by atoms with Crippen molar-refractivity contribution in [2.24, 2.45) is 0 Å². The van der Waals surface area contributed by atoms with Crippen molar-refractivity contribution in [1.82, 2.24) is 5.32 Å². The fraction of sp³-hybridized carbons (Fsp3) is 0.250. The molecule has 0 saturated heterocycles. The van der Waals surface area contributed by atoms with Crippen molar-refractivity contribution in [2.75, 3.05) is 18.7 Å². The fourth-order valence-corrected chi connectivity index (χ4v) is 2.90. The minimum Gasteiger partial charge on any atom is -0.454 e. The second-order valence-electron chi connectivity index (χ2n) is 5.14. The zero-order chi connectivity index (χ0) is 16.9. The summed E-state index contributed by atoms with van der Waals surface area (Å²) in [6.07, 6.45) is -0.326. The number of carbonyl (C=O) groups excluding carboxylic acids is 2. The molecule has 126 valence electrons. The first-order valence-electron chi connectivity index (χ1n) is 7.32. The molecule has 2 aromatic rings. The maximum Gasteiger partial charge on any atom is 0.313 e. The average Bonchev–Trinajstić information content (AvgIpc) is 3.25. The first-order chi connectivity index (χ1) is 11.6. The van der Waals surface area contributed by atoms with Crippen molar-refractivity contribution in [2.45, 2.75) is 12.5 Å². The van der Waals surface area contributed by atoms with E-state index in [1.54, 1.807) is 18.2 Å². The van der Waals surface area contributed by atoms with Crippen LogP contribution >= 0.6 is 11.3 Å². The molecule has 0 saturated carbocycles. The van der Waals surface area contributed by atoms with Crippen LogP contribution in [0.1, 0.15) is 18.1 Å². The third-order valence-corrected chi connectivity index (χ3v) is 4.17. The van der Waals surface area contributed by atoms with Gasteiger partial charge in [0.05, 0.1) is 6.10 Å². The molecule has 2 heterocycles. The number of benzene rings is 1. The van der Waals surface area contributed by atoms with Gasteiger partial charge in [-0.3, -0.25) is 9.59 Å². The number of anilines is 1. The van der Waals surface area contributed by atoms with Gasteiger partial charge in [-0.05, 0) is 40.9 Å². The van der Waals surface area contributed by atoms with Crippen LogP contribution in [0.15, 0.2) is 35.0 Å². The lowest BCUT2D eigenvalue weighted by Crippen LogP contribution is -2.36. The highest BCUT2D eigenvalue weighted by Gasteiger charge is 2.17. The Hall–Kier alpha value is -2.58. The Morgan fingerprint density at radius 3 is 2.83 bits per heavy atom. The second-order valence-corrected chi connectivity index (χ2v) is 5.92. The number of aliphatic hydroxyl groups excluding tert-OH is 1. The Labute approximate surface area is 142 Å². The summed E-state index contributed by atoms with van der Waals surface area (Å²) >= 11 is 1.49. The van der Waals surface area contributed by atoms with Crippen LogP contribution in [0.5, 0.6) is 11.5 Å². The summed E-state index contributed by atoms with van der Waals surface area (Å²) in [4.78, 5) is 23.7. The molecule has 24 heavy (non-hydrogen) atoms. The molecule has 1 aliphatic rings. The predicted octanol–water partition coefficient (Wildman–Crippen LogP) is 1.66. The number of nitrogens with one attached hydrogen (secondary N) is 2. The van der Waals surface area contributed by atoms with Crippen LogP contribution in [0, 0.1) is 0 Å². The van der Waals surface area contributed by atoms with Gasteiger partial charge in [-0.25, -0.2) is 0 Å². The van der Waals surface area contributed by atoms with Gasteiger partial charge in [0.15, 0.2) is 11.5 Å². The summed E-state index contributed by atoms with van der Waals surface area (Å²) < 4.78 is 10.4. The fourth-order valence-electron chi connectivity index (χ4n) is 2.20. The molecule has 1 aliphatic heterocycles. The normalized spacial score (nSPS) is 13.4. The monoisotopic (exact) mass is 348 g/mol. The maximum absolute atomic E-state index is 11.9. The summed E-state index contributed by atoms with van der Waals surface area (Å²) in [7, 11) is 0. The molecule has 0 aliphatic carbocycles. The molecule has 0 bridgehead atoms. The van der Waals surface area contributed by atoms with Crippen LogP contribution in [0.25, 0.3) is 0 Å². The molecule has 1 aromatic heterocycles. The molecule has 3 rings (SSSR count). The second kappa shape index (κ2) is 7.33. The van der Waals surface area contributed by atoms with Crippen LogP contribution in [0.3, 0.4) is 0 Å². The summed E-state index contributed by atoms with van der Waals surface area (Å²) in [5, 5.41) is 18.6. The van der Waals surface area contributed by atoms with Crippen LogP contribution in [0.2, 0.25) is 0 Å². The van der Waals surface area contributed by atoms with Gasteiger partial charge in [0.2, 0.25) is 6.79 Å². The van der Waals surface area contributed by atoms with E-state index in [0.717, 1.165) is 5.56 Å². The molecular weight excluding hydrogens is 332 g/mol. The Balaban J connectivity index is 1.45. The van der Waals surface area contributed by atoms with Gasteiger partial charge in [0.25, 0.3) is 0 Å². The van der Waals surface area contributed by atoms with Crippen molar-refractivity contribution in [3.05, 3.63) is 40.6 Å². The largest absolute Gasteiger partial charge is 0.454 e. The Morgan fingerprint density at radius 2 is 2.04 bits per heavy atom. The van der Waals surface area contributed by atoms with E-state index < -0.39 is 17.9 Å². The van der Waals surface area contributed by atoms with Gasteiger partial charge < -0.3 is 25.2 Å². The maximum atomic E-state index is 11.9. The molecule has 0 unspecified atom stereocenters. The molecule has 1 atom stereocenters. The SMILES string of the molecule is O=C(NCC[C@@H](O)c1ccsc1)C(=O)Nc1ccc2c(c1)OCO2. The van der Waals surface area contributed by atoms with Gasteiger partial charge in [-0.1, -0.05) is 0 Å². The van der Waals surface area contributed by atoms with E-state index in [1.165, 1.54) is 11.3 Å². The number of hydrogen-bond donors (Lipinski definition) is 3. The zero-order valence-corrected chi connectivity index (χ0v) is 13.5. The predicted molar refractivity (Wildman–Crippen MR) is 88.1 cm³/mol. The quantitative estimate of drug-likeness (QED) is 0.714. The molecule has 0 radical (unpaired) electrons. The number of fused-ring (bicyclic) bond motifs is 1. The topological polar surface area (TPSA) is 96.9 Å². The van der Waals surface area contributed by atoms with E-state index in [4.69, 9.17) is 9.47 Å². The van der Waals surface area contributed by atoms with E-state index in [-0.39, 0.29) is 13.3 Å². The summed E-state index contributed by atoms with van der Waals surface area (Å²) in [5.41, 5.74) is 1.25. The standard InChI is InChI=1S/C16H16N2O5S/c19-12(10-4-6-24-8-10)3-5-17-15(20)16(21)18-11-1-2-13-14(7-11)23-9-22-13/h1-2,4,6-8,12,19H,3,5,9H2,(H,17,20)(H,18,21)/t12-/m1/s1. The average molecular weight is 348 g/mol. The highest BCUT2D eigenvalue weighted by molar-refractivity contribution is 7.07. The van der Waals surface area contributed by atoms with Gasteiger partial charge in [0.1, 0.15) is 0 Å². The van der Waals surface area contributed by atoms with Gasteiger partial charge in [-0.2, -0.15) is 11.3 Å². The van der Waals surface area contributed by atoms with Crippen LogP contribution in [-0.2, 0) is 9.59 Å². The lowest BCUT2D eigenvalue weighted by molar-refractivity contribution is -0.136. The smallest absolute Gasteiger partial charge is 0.313 e. The molecule has 0 fully saturated rings. The number of carbonyl (C=O) groups is 2. The minimum absolute atomic E-state index is 0.139. The number of rotatable bonds is 5. The summed E-state index contributed by atoms with van der Waals surface area (Å²) in [5.74, 6) is -0.420. The highest BCUT2D eigenvalue weighted by Crippen LogP contribution is 2.34. The van der Waals surface area contributed by atoms with Gasteiger partial charge in [0, 0.05) is 18.3 Å². The molecule has 8 heteroatoms. The van der Waals surface area contributed by atoms with E-state index in [9.17, 15) is 14.7 Å². The summed E-state index contributed by atoms with van der Waals surface area (Å²) in [6.45, 7) is 0.337. The first kappa shape index (κ1) is 16.3. The number of aliphatic hydroxyl groups is 1. The van der Waals surface area contributed by atoms with E-state index in [2.05, 4.69) is 10.6 Å². The van der Waals surface area contributed by atoms with Gasteiger partial charge in [-0.15, -0.1) is 0 Å². The number of ether oxygens (including phenoxy) is 2. The van der Waals surface area contributed by atoms with Crippen molar-refractivity contribution in [1.29, 1.82) is 0 Å². The first-order valence-corrected chi connectivity index (χ1v) is 8.27. The summed E-state index contributed by atoms with van der Waals surface area (Å²) in [6, 6.07) is 6.70. The van der Waals surface area contributed by atoms with Crippen molar-refractivity contribution < 1.29 is 24.2 Å². The molecule has 1 aromatic carbocycles. The molecule has 2 amide bonds. The van der Waals surface area contributed by atoms with Crippen LogP contribution in [0.4, 0.5) is 5.69 Å². The van der Waals surface area contributed by atoms with E-state index in [1.807, 2.05) is 16.8 Å². The van der Waals surface area contributed by atoms with Crippen molar-refractivity contribution >= 4 is 28.8 Å². The van der Waals surface area contributed by atoms with Crippen LogP contribution in [-0.4, -0.2) is 30.3 Å². The third kappa shape index (κ3) is 3.84. The molecule has 3 N–H and O–H groups in total. The van der Waals surface area contributed by atoms with E-state index >= 15 is 0 Å². The number of thiophene rings is 1. The zero-order valence-electron chi connectivity index (χ0n) is 12.7. The van der Waals surface area contributed by atoms with E-state index in [0.29, 0.717) is 23.6 Å². The lowest BCUT2D eigenvalue weighted by atomic mass is 10.1. The molecule has 7 nitrogen and oxygen atoms in total.